The molecule has 2 heterocycles. The number of aromatic nitrogens is 6. The first kappa shape index (κ1) is 51.4. The van der Waals surface area contributed by atoms with E-state index in [1.165, 1.54) is 48.5 Å². The predicted octanol–water partition coefficient (Wildman–Crippen LogP) is 12.9. The lowest BCUT2D eigenvalue weighted by atomic mass is 9.91. The van der Waals surface area contributed by atoms with Crippen molar-refractivity contribution in [3.63, 3.8) is 0 Å². The molecule has 0 saturated heterocycles. The maximum absolute atomic E-state index is 12.5. The van der Waals surface area contributed by atoms with Gasteiger partial charge in [-0.25, -0.2) is 9.36 Å². The van der Waals surface area contributed by atoms with Crippen molar-refractivity contribution in [1.29, 1.82) is 0 Å². The lowest BCUT2D eigenvalue weighted by Crippen LogP contribution is -2.07. The lowest BCUT2D eigenvalue weighted by molar-refractivity contribution is -0.385. The number of hydrogen-bond acceptors (Lipinski definition) is 16. The smallest absolute Gasteiger partial charge is 0.269 e. The van der Waals surface area contributed by atoms with E-state index < -0.39 is 9.85 Å². The maximum Gasteiger partial charge on any atom is 0.269 e. The molecule has 0 radical (unpaired) electrons. The van der Waals surface area contributed by atoms with Gasteiger partial charge in [-0.15, -0.1) is 10.2 Å². The Morgan fingerprint density at radius 3 is 1.11 bits per heavy atom. The number of aromatic hydroxyl groups is 2. The van der Waals surface area contributed by atoms with Crippen molar-refractivity contribution >= 4 is 34.1 Å². The zero-order chi connectivity index (χ0) is 55.0. The summed E-state index contributed by atoms with van der Waals surface area (Å²) in [6.45, 7) is 1.07. The molecule has 20 nitrogen and oxygen atoms in total. The first-order valence-electron chi connectivity index (χ1n) is 25.4. The van der Waals surface area contributed by atoms with Crippen LogP contribution in [-0.2, 0) is 52.0 Å². The number of nitro groups is 2. The molecule has 0 unspecified atom stereocenters. The summed E-state index contributed by atoms with van der Waals surface area (Å²) in [6, 6.07) is 49.6. The van der Waals surface area contributed by atoms with E-state index in [0.29, 0.717) is 103 Å². The van der Waals surface area contributed by atoms with E-state index in [1.54, 1.807) is 33.6 Å². The molecule has 0 spiro atoms. The monoisotopic (exact) mass is 1060 g/mol. The molecule has 0 saturated carbocycles. The molecule has 11 rings (SSSR count). The summed E-state index contributed by atoms with van der Waals surface area (Å²) in [5, 5.41) is 83.4. The standard InChI is InChI=1S/C60H48N12O8/c73-57-45-25-41-13-7-14-42(59(41)79-37-53-35-69(67-65-53)33-39-9-3-1-4-10-39)26-46-30-52(64-62-50-19-23-56(24-20-50)72(77)78)32-48(58(46)74)28-44-16-8-15-43(60(44)80-38-54-36-70(68-66-54)34-40-11-5-2-6-12-40)27-47(57)31-51(29-45)63-61-49-17-21-55(22-18-49)71(75)76/h1-24,29-32,35-36,73-74H,25-28,33-34,37-38H2. The van der Waals surface area contributed by atoms with Gasteiger partial charge in [0.15, 0.2) is 0 Å². The number of fused-ring (bicyclic) bond motifs is 8. The zero-order valence-electron chi connectivity index (χ0n) is 42.7. The molecular formula is C60H48N12O8. The Balaban J connectivity index is 1.02. The Morgan fingerprint density at radius 1 is 0.438 bits per heavy atom. The maximum atomic E-state index is 12.5. The van der Waals surface area contributed by atoms with E-state index in [1.807, 2.05) is 109 Å². The highest BCUT2D eigenvalue weighted by atomic mass is 16.6. The number of phenols is 2. The van der Waals surface area contributed by atoms with E-state index >= 15 is 0 Å². The highest BCUT2D eigenvalue weighted by molar-refractivity contribution is 5.61. The van der Waals surface area contributed by atoms with Crippen molar-refractivity contribution in [1.82, 2.24) is 30.0 Å². The van der Waals surface area contributed by atoms with Crippen LogP contribution in [0.1, 0.15) is 67.0 Å². The molecule has 2 N–H and O–H groups in total. The Labute approximate surface area is 456 Å². The van der Waals surface area contributed by atoms with Crippen LogP contribution < -0.4 is 9.47 Å². The van der Waals surface area contributed by atoms with E-state index in [9.17, 15) is 30.4 Å². The van der Waals surface area contributed by atoms with Gasteiger partial charge in [0.1, 0.15) is 47.6 Å². The van der Waals surface area contributed by atoms with Crippen molar-refractivity contribution in [3.05, 3.63) is 270 Å². The number of nitrogens with zero attached hydrogens (tertiary/aromatic N) is 12. The van der Waals surface area contributed by atoms with Crippen molar-refractivity contribution in [3.8, 4) is 23.0 Å². The van der Waals surface area contributed by atoms with Crippen LogP contribution in [0.15, 0.2) is 203 Å². The molecular weight excluding hydrogens is 1020 g/mol. The van der Waals surface area contributed by atoms with E-state index in [0.717, 1.165) is 11.1 Å². The third kappa shape index (κ3) is 12.2. The van der Waals surface area contributed by atoms with Crippen LogP contribution >= 0.6 is 0 Å². The molecule has 1 aliphatic rings. The van der Waals surface area contributed by atoms with Crippen LogP contribution in [0.5, 0.6) is 23.0 Å². The van der Waals surface area contributed by atoms with Gasteiger partial charge in [0.2, 0.25) is 0 Å². The highest BCUT2D eigenvalue weighted by Crippen LogP contribution is 2.42. The number of rotatable bonds is 16. The van der Waals surface area contributed by atoms with Gasteiger partial charge < -0.3 is 19.7 Å². The molecule has 8 aromatic carbocycles. The molecule has 8 bridgehead atoms. The molecule has 0 amide bonds. The van der Waals surface area contributed by atoms with Crippen LogP contribution in [0.4, 0.5) is 34.1 Å². The van der Waals surface area contributed by atoms with Gasteiger partial charge in [-0.2, -0.15) is 20.5 Å². The second-order valence-electron chi connectivity index (χ2n) is 19.1. The van der Waals surface area contributed by atoms with Crippen molar-refractivity contribution in [2.24, 2.45) is 20.5 Å². The molecule has 0 aliphatic heterocycles. The molecule has 80 heavy (non-hydrogen) atoms. The SMILES string of the molecule is O=[N+]([O-])c1ccc(N=Nc2cc3c(O)c(c2)Cc2cccc(c2OCc2cn(Cc4ccccc4)nn2)Cc2cc(N=Nc4ccc([N+](=O)[O-])cc4)cc(c2O)Cc2cccc(c2OCc2cn(Cc4ccccc4)nn2)C3)cc1. The summed E-state index contributed by atoms with van der Waals surface area (Å²) in [5.41, 5.74) is 9.41. The van der Waals surface area contributed by atoms with E-state index in [4.69, 9.17) is 9.47 Å². The normalized spacial score (nSPS) is 12.2. The number of benzene rings is 8. The summed E-state index contributed by atoms with van der Waals surface area (Å²) in [4.78, 5) is 21.9. The van der Waals surface area contributed by atoms with Gasteiger partial charge in [0.25, 0.3) is 11.4 Å². The summed E-state index contributed by atoms with van der Waals surface area (Å²) in [7, 11) is 0. The van der Waals surface area contributed by atoms with Crippen LogP contribution in [0.3, 0.4) is 0 Å². The number of non-ortho nitro benzene ring substituents is 2. The minimum absolute atomic E-state index is 0.0117. The molecule has 10 aromatic rings. The van der Waals surface area contributed by atoms with Gasteiger partial charge in [-0.3, -0.25) is 20.2 Å². The molecule has 2 aromatic heterocycles. The fraction of sp³-hybridized carbons (Fsp3) is 0.133. The van der Waals surface area contributed by atoms with Crippen LogP contribution in [0.25, 0.3) is 0 Å². The van der Waals surface area contributed by atoms with Crippen molar-refractivity contribution < 1.29 is 29.5 Å². The van der Waals surface area contributed by atoms with Crippen LogP contribution in [-0.4, -0.2) is 50.0 Å². The van der Waals surface area contributed by atoms with Crippen molar-refractivity contribution in [2.75, 3.05) is 0 Å². The quantitative estimate of drug-likeness (QED) is 0.0520. The van der Waals surface area contributed by atoms with Crippen LogP contribution in [0, 0.1) is 20.2 Å². The zero-order valence-corrected chi connectivity index (χ0v) is 42.7. The van der Waals surface area contributed by atoms with Gasteiger partial charge in [-0.1, -0.05) is 107 Å². The number of phenolic OH excluding ortho intramolecular Hbond substituents is 2. The summed E-state index contributed by atoms with van der Waals surface area (Å²) < 4.78 is 17.0. The van der Waals surface area contributed by atoms with E-state index in [-0.39, 0.29) is 61.8 Å². The fourth-order valence-corrected chi connectivity index (χ4v) is 9.47. The number of nitro benzene ring substituents is 2. The molecule has 0 fully saturated rings. The van der Waals surface area contributed by atoms with Crippen molar-refractivity contribution in [2.45, 2.75) is 52.0 Å². The average Bonchev–Trinajstić information content (AvgIpc) is 4.13. The fourth-order valence-electron chi connectivity index (χ4n) is 9.47. The molecule has 396 valence electrons. The van der Waals surface area contributed by atoms with Gasteiger partial charge in [-0.05, 0) is 81.9 Å². The third-order valence-electron chi connectivity index (χ3n) is 13.3. The minimum Gasteiger partial charge on any atom is -0.507 e. The average molecular weight is 1070 g/mol. The molecule has 1 aliphatic carbocycles. The molecule has 20 heteroatoms. The highest BCUT2D eigenvalue weighted by Gasteiger charge is 2.23. The summed E-state index contributed by atoms with van der Waals surface area (Å²) in [6.07, 6.45) is 4.23. The second kappa shape index (κ2) is 23.2. The third-order valence-corrected chi connectivity index (χ3v) is 13.3. The predicted molar refractivity (Wildman–Crippen MR) is 295 cm³/mol. The summed E-state index contributed by atoms with van der Waals surface area (Å²) in [5.74, 6) is 0.989. The lowest BCUT2D eigenvalue weighted by Gasteiger charge is -2.20. The number of ether oxygens (including phenoxy) is 2. The minimum atomic E-state index is -0.483. The number of para-hydroxylation sites is 2. The largest absolute Gasteiger partial charge is 0.507 e. The molecule has 0 atom stereocenters. The Kier molecular flexibility index (Phi) is 14.9. The number of azo groups is 2. The Bertz CT molecular complexity index is 3590. The number of hydrogen-bond donors (Lipinski definition) is 2. The summed E-state index contributed by atoms with van der Waals surface area (Å²) >= 11 is 0. The Hall–Kier alpha value is -10.8. The van der Waals surface area contributed by atoms with Gasteiger partial charge >= 0.3 is 0 Å². The van der Waals surface area contributed by atoms with Gasteiger partial charge in [0.05, 0.1) is 58.1 Å². The van der Waals surface area contributed by atoms with Crippen LogP contribution in [0.2, 0.25) is 0 Å². The topological polar surface area (TPSA) is 256 Å². The Morgan fingerprint density at radius 2 is 0.775 bits per heavy atom. The first-order valence-corrected chi connectivity index (χ1v) is 25.4. The van der Waals surface area contributed by atoms with E-state index in [2.05, 4.69) is 41.1 Å². The second-order valence-corrected chi connectivity index (χ2v) is 19.1. The first-order chi connectivity index (χ1) is 39.0. The van der Waals surface area contributed by atoms with Gasteiger partial charge in [0, 0.05) is 72.2 Å².